The summed E-state index contributed by atoms with van der Waals surface area (Å²) >= 11 is 0. The normalized spacial score (nSPS) is 11.0. The highest BCUT2D eigenvalue weighted by atomic mass is 31.2. The number of esters is 4. The van der Waals surface area contributed by atoms with Crippen LogP contribution in [0.3, 0.4) is 0 Å². The first-order valence-electron chi connectivity index (χ1n) is 9.45. The molecule has 0 heterocycles. The molecule has 0 saturated heterocycles. The molecular formula is C23H45O11P. The quantitative estimate of drug-likeness (QED) is 0.108. The molecule has 1 unspecified atom stereocenters. The fourth-order valence-electron chi connectivity index (χ4n) is 1.11. The minimum Gasteiger partial charge on any atom is -0.438 e. The summed E-state index contributed by atoms with van der Waals surface area (Å²) in [6.07, 6.45) is 0. The van der Waals surface area contributed by atoms with E-state index in [0.29, 0.717) is 0 Å². The second-order valence-electron chi connectivity index (χ2n) is 7.04. The summed E-state index contributed by atoms with van der Waals surface area (Å²) in [5.41, 5.74) is 0.474. The van der Waals surface area contributed by atoms with Crippen molar-refractivity contribution in [3.63, 3.8) is 0 Å². The summed E-state index contributed by atoms with van der Waals surface area (Å²) < 4.78 is 39.6. The van der Waals surface area contributed by atoms with Gasteiger partial charge in [0.25, 0.3) is 0 Å². The molecule has 0 spiro atoms. The highest BCUT2D eigenvalue weighted by Gasteiger charge is 2.19. The maximum Gasteiger partial charge on any atom is 0.335 e. The Morgan fingerprint density at radius 3 is 1.26 bits per heavy atom. The van der Waals surface area contributed by atoms with Gasteiger partial charge in [0.15, 0.2) is 0 Å². The van der Waals surface area contributed by atoms with E-state index in [2.05, 4.69) is 32.1 Å². The molecular weight excluding hydrogens is 483 g/mol. The fourth-order valence-corrected chi connectivity index (χ4v) is 1.68. The summed E-state index contributed by atoms with van der Waals surface area (Å²) in [5.74, 6) is -2.62. The number of hydrogen-bond donors (Lipinski definition) is 0. The number of rotatable bonds is 12. The van der Waals surface area contributed by atoms with Crippen LogP contribution in [0.2, 0.25) is 0 Å². The number of carbonyl (C=O) groups excluding carboxylic acids is 4. The Morgan fingerprint density at radius 2 is 0.943 bits per heavy atom. The molecule has 0 aliphatic rings. The standard InChI is InChI=1S/C11H19O7P.C9H14O4.3CH4/c1-8(2)10(12)15-6-17-19(5,14)18-7-16-11(13)9(3)4;1-6(2)8(10)12-5-13-9(11)7(3)4;;;/h9H,1,6-7H2,2-5H3;7H,1,5H2,2-4H3;3*1H4. The molecule has 0 amide bonds. The molecule has 11 nitrogen and oxygen atoms in total. The monoisotopic (exact) mass is 528 g/mol. The van der Waals surface area contributed by atoms with Gasteiger partial charge < -0.3 is 18.9 Å². The topological polar surface area (TPSA) is 141 Å². The Morgan fingerprint density at radius 1 is 0.657 bits per heavy atom. The predicted molar refractivity (Wildman–Crippen MR) is 134 cm³/mol. The van der Waals surface area contributed by atoms with Crippen LogP contribution < -0.4 is 0 Å². The molecule has 0 fully saturated rings. The van der Waals surface area contributed by atoms with Crippen LogP contribution in [-0.4, -0.2) is 50.9 Å². The van der Waals surface area contributed by atoms with E-state index in [0.717, 1.165) is 0 Å². The van der Waals surface area contributed by atoms with Gasteiger partial charge in [0, 0.05) is 17.8 Å². The summed E-state index contributed by atoms with van der Waals surface area (Å²) in [6.45, 7) is 16.2. The molecule has 0 aromatic heterocycles. The van der Waals surface area contributed by atoms with E-state index in [1.807, 2.05) is 0 Å². The van der Waals surface area contributed by atoms with Crippen LogP contribution in [-0.2, 0) is 51.7 Å². The third-order valence-corrected chi connectivity index (χ3v) is 4.15. The Balaban J connectivity index is -0.000000167. The smallest absolute Gasteiger partial charge is 0.335 e. The highest BCUT2D eigenvalue weighted by molar-refractivity contribution is 7.52. The van der Waals surface area contributed by atoms with Crippen molar-refractivity contribution in [3.8, 4) is 0 Å². The summed E-state index contributed by atoms with van der Waals surface area (Å²) in [5, 5.41) is 0. The first kappa shape index (κ1) is 42.7. The molecule has 208 valence electrons. The molecule has 1 atom stereocenters. The van der Waals surface area contributed by atoms with Gasteiger partial charge in [-0.25, -0.2) is 9.59 Å². The van der Waals surface area contributed by atoms with E-state index < -0.39 is 45.1 Å². The molecule has 0 saturated carbocycles. The summed E-state index contributed by atoms with van der Waals surface area (Å²) in [6, 6.07) is 0. The lowest BCUT2D eigenvalue weighted by atomic mass is 10.2. The van der Waals surface area contributed by atoms with Gasteiger partial charge in [-0.2, -0.15) is 0 Å². The maximum absolute atomic E-state index is 11.7. The lowest BCUT2D eigenvalue weighted by Gasteiger charge is -2.14. The molecule has 0 aliphatic carbocycles. The van der Waals surface area contributed by atoms with E-state index in [1.165, 1.54) is 20.5 Å². The number of carbonyl (C=O) groups is 4. The van der Waals surface area contributed by atoms with Crippen molar-refractivity contribution in [1.82, 2.24) is 0 Å². The largest absolute Gasteiger partial charge is 0.438 e. The first-order valence-corrected chi connectivity index (χ1v) is 11.4. The minimum atomic E-state index is -3.45. The van der Waals surface area contributed by atoms with Crippen LogP contribution >= 0.6 is 7.60 Å². The van der Waals surface area contributed by atoms with Crippen molar-refractivity contribution in [1.29, 1.82) is 0 Å². The van der Waals surface area contributed by atoms with Gasteiger partial charge >= 0.3 is 31.5 Å². The van der Waals surface area contributed by atoms with Crippen LogP contribution in [0.15, 0.2) is 24.3 Å². The third-order valence-electron chi connectivity index (χ3n) is 3.00. The Labute approximate surface area is 210 Å². The minimum absolute atomic E-state index is 0. The fraction of sp³-hybridized carbons (Fsp3) is 0.652. The lowest BCUT2D eigenvalue weighted by molar-refractivity contribution is -0.167. The Bertz CT molecular complexity index is 727. The van der Waals surface area contributed by atoms with Gasteiger partial charge in [-0.3, -0.25) is 23.2 Å². The summed E-state index contributed by atoms with van der Waals surface area (Å²) in [7, 11) is -3.45. The number of hydrogen-bond acceptors (Lipinski definition) is 11. The molecule has 0 N–H and O–H groups in total. The van der Waals surface area contributed by atoms with E-state index in [9.17, 15) is 23.7 Å². The van der Waals surface area contributed by atoms with E-state index in [1.54, 1.807) is 27.7 Å². The van der Waals surface area contributed by atoms with Crippen molar-refractivity contribution in [2.45, 2.75) is 63.8 Å². The predicted octanol–water partition coefficient (Wildman–Crippen LogP) is 5.25. The zero-order valence-corrected chi connectivity index (χ0v) is 20.5. The average molecular weight is 529 g/mol. The Hall–Kier alpha value is -2.49. The third kappa shape index (κ3) is 24.4. The van der Waals surface area contributed by atoms with Gasteiger partial charge in [-0.05, 0) is 13.8 Å². The highest BCUT2D eigenvalue weighted by Crippen LogP contribution is 2.43. The van der Waals surface area contributed by atoms with Crippen molar-refractivity contribution in [3.05, 3.63) is 24.3 Å². The second-order valence-corrected chi connectivity index (χ2v) is 9.10. The van der Waals surface area contributed by atoms with Crippen LogP contribution in [0.1, 0.15) is 63.8 Å². The van der Waals surface area contributed by atoms with Crippen LogP contribution in [0.5, 0.6) is 0 Å². The zero-order chi connectivity index (χ0) is 25.5. The molecule has 0 aromatic carbocycles. The van der Waals surface area contributed by atoms with Gasteiger partial charge in [-0.1, -0.05) is 63.1 Å². The van der Waals surface area contributed by atoms with Crippen molar-refractivity contribution < 1.29 is 51.7 Å². The van der Waals surface area contributed by atoms with Crippen molar-refractivity contribution in [2.75, 3.05) is 27.0 Å². The number of ether oxygens (including phenoxy) is 4. The van der Waals surface area contributed by atoms with Gasteiger partial charge in [-0.15, -0.1) is 0 Å². The van der Waals surface area contributed by atoms with E-state index in [-0.39, 0.29) is 52.1 Å². The van der Waals surface area contributed by atoms with Gasteiger partial charge in [0.05, 0.1) is 11.8 Å². The van der Waals surface area contributed by atoms with Crippen LogP contribution in [0.25, 0.3) is 0 Å². The molecule has 0 aliphatic heterocycles. The molecule has 0 radical (unpaired) electrons. The van der Waals surface area contributed by atoms with Crippen LogP contribution in [0.4, 0.5) is 0 Å². The first-order chi connectivity index (χ1) is 14.6. The van der Waals surface area contributed by atoms with Crippen LogP contribution in [0, 0.1) is 11.8 Å². The molecule has 0 rings (SSSR count). The van der Waals surface area contributed by atoms with Gasteiger partial charge in [0.1, 0.15) is 0 Å². The van der Waals surface area contributed by atoms with E-state index >= 15 is 0 Å². The SMILES string of the molecule is C.C.C.C=C(C)C(=O)OCOC(=O)C(C)C.C=C(C)C(=O)OCOP(C)(=O)OCOC(=O)C(C)C. The molecule has 12 heteroatoms. The van der Waals surface area contributed by atoms with E-state index in [4.69, 9.17) is 9.05 Å². The zero-order valence-electron chi connectivity index (χ0n) is 19.6. The molecule has 0 aromatic rings. The van der Waals surface area contributed by atoms with Crippen molar-refractivity contribution in [2.24, 2.45) is 11.8 Å². The van der Waals surface area contributed by atoms with Crippen molar-refractivity contribution >= 4 is 31.5 Å². The Kier molecular flexibility index (Phi) is 26.8. The average Bonchev–Trinajstić information content (AvgIpc) is 2.67. The maximum atomic E-state index is 11.7. The second kappa shape index (κ2) is 22.0. The summed E-state index contributed by atoms with van der Waals surface area (Å²) in [4.78, 5) is 43.7. The molecule has 0 bridgehead atoms. The molecule has 35 heavy (non-hydrogen) atoms. The van der Waals surface area contributed by atoms with Gasteiger partial charge in [0.2, 0.25) is 20.4 Å². The lowest BCUT2D eigenvalue weighted by Crippen LogP contribution is -2.16.